The van der Waals surface area contributed by atoms with Gasteiger partial charge in [-0.25, -0.2) is 4.39 Å². The number of rotatable bonds is 3. The van der Waals surface area contributed by atoms with E-state index in [0.29, 0.717) is 23.2 Å². The molecule has 0 aromatic heterocycles. The maximum Gasteiger partial charge on any atom is 0.127 e. The van der Waals surface area contributed by atoms with Crippen LogP contribution in [-0.4, -0.2) is 0 Å². The average Bonchev–Trinajstić information content (AvgIpc) is 2.83. The largest absolute Gasteiger partial charge is 0.306 e. The molecule has 2 aromatic rings. The van der Waals surface area contributed by atoms with Gasteiger partial charge in [-0.1, -0.05) is 35.9 Å². The molecule has 0 heterocycles. The van der Waals surface area contributed by atoms with Crippen molar-refractivity contribution in [1.82, 2.24) is 5.32 Å². The van der Waals surface area contributed by atoms with Crippen LogP contribution in [0.3, 0.4) is 0 Å². The van der Waals surface area contributed by atoms with Gasteiger partial charge >= 0.3 is 0 Å². The van der Waals surface area contributed by atoms with Crippen molar-refractivity contribution in [2.45, 2.75) is 25.4 Å². The maximum absolute atomic E-state index is 13.6. The van der Waals surface area contributed by atoms with Crippen molar-refractivity contribution in [1.29, 1.82) is 0 Å². The minimum atomic E-state index is -0.205. The number of nitrogens with one attached hydrogen (secondary N) is 1. The Bertz CT molecular complexity index is 597. The molecular weight excluding hydrogens is 261 g/mol. The zero-order valence-corrected chi connectivity index (χ0v) is 11.3. The van der Waals surface area contributed by atoms with Crippen LogP contribution < -0.4 is 5.32 Å². The van der Waals surface area contributed by atoms with E-state index in [-0.39, 0.29) is 5.82 Å². The Kier molecular flexibility index (Phi) is 3.54. The smallest absolute Gasteiger partial charge is 0.127 e. The molecule has 0 bridgehead atoms. The first kappa shape index (κ1) is 12.6. The standard InChI is InChI=1S/C16H15ClFN/c17-13-6-7-15(18)12(9-13)10-19-16-8-5-11-3-1-2-4-14(11)16/h1-4,6-7,9,16,19H,5,8,10H2. The number of benzene rings is 2. The highest BCUT2D eigenvalue weighted by molar-refractivity contribution is 6.30. The Morgan fingerprint density at radius 3 is 2.95 bits per heavy atom. The highest BCUT2D eigenvalue weighted by Gasteiger charge is 2.21. The molecule has 1 aliphatic carbocycles. The van der Waals surface area contributed by atoms with Crippen molar-refractivity contribution in [3.8, 4) is 0 Å². The average molecular weight is 276 g/mol. The minimum Gasteiger partial charge on any atom is -0.306 e. The Morgan fingerprint density at radius 2 is 2.05 bits per heavy atom. The quantitative estimate of drug-likeness (QED) is 0.883. The summed E-state index contributed by atoms with van der Waals surface area (Å²) in [4.78, 5) is 0. The summed E-state index contributed by atoms with van der Waals surface area (Å²) in [5, 5.41) is 4.00. The molecule has 1 nitrogen and oxygen atoms in total. The number of hydrogen-bond acceptors (Lipinski definition) is 1. The number of fused-ring (bicyclic) bond motifs is 1. The monoisotopic (exact) mass is 275 g/mol. The summed E-state index contributed by atoms with van der Waals surface area (Å²) in [6.07, 6.45) is 2.16. The summed E-state index contributed by atoms with van der Waals surface area (Å²) in [7, 11) is 0. The van der Waals surface area contributed by atoms with Crippen LogP contribution in [0.15, 0.2) is 42.5 Å². The Balaban J connectivity index is 1.72. The fourth-order valence-corrected chi connectivity index (χ4v) is 2.88. The lowest BCUT2D eigenvalue weighted by molar-refractivity contribution is 0.513. The van der Waals surface area contributed by atoms with Gasteiger partial charge in [0, 0.05) is 23.2 Å². The summed E-state index contributed by atoms with van der Waals surface area (Å²) in [5.74, 6) is -0.205. The highest BCUT2D eigenvalue weighted by Crippen LogP contribution is 2.31. The molecule has 1 aliphatic rings. The molecule has 98 valence electrons. The second-order valence-corrected chi connectivity index (χ2v) is 5.34. The van der Waals surface area contributed by atoms with Crippen molar-refractivity contribution >= 4 is 11.6 Å². The van der Waals surface area contributed by atoms with Crippen molar-refractivity contribution in [3.63, 3.8) is 0 Å². The van der Waals surface area contributed by atoms with Gasteiger partial charge in [0.05, 0.1) is 0 Å². The molecule has 1 atom stereocenters. The van der Waals surface area contributed by atoms with E-state index in [2.05, 4.69) is 29.6 Å². The first-order valence-corrected chi connectivity index (χ1v) is 6.87. The van der Waals surface area contributed by atoms with E-state index < -0.39 is 0 Å². The topological polar surface area (TPSA) is 12.0 Å². The molecule has 3 rings (SSSR count). The third kappa shape index (κ3) is 2.65. The van der Waals surface area contributed by atoms with Crippen LogP contribution >= 0.6 is 11.6 Å². The van der Waals surface area contributed by atoms with Crippen LogP contribution in [0, 0.1) is 5.82 Å². The van der Waals surface area contributed by atoms with E-state index in [0.717, 1.165) is 12.8 Å². The Morgan fingerprint density at radius 1 is 1.21 bits per heavy atom. The number of halogens is 2. The van der Waals surface area contributed by atoms with Crippen LogP contribution in [0.5, 0.6) is 0 Å². The predicted molar refractivity (Wildman–Crippen MR) is 75.8 cm³/mol. The summed E-state index contributed by atoms with van der Waals surface area (Å²) >= 11 is 5.90. The SMILES string of the molecule is Fc1ccc(Cl)cc1CNC1CCc2ccccc21. The zero-order valence-electron chi connectivity index (χ0n) is 10.5. The van der Waals surface area contributed by atoms with Gasteiger partial charge in [0.1, 0.15) is 5.82 Å². The molecular formula is C16H15ClFN. The molecule has 0 spiro atoms. The molecule has 19 heavy (non-hydrogen) atoms. The minimum absolute atomic E-state index is 0.205. The molecule has 3 heteroatoms. The van der Waals surface area contributed by atoms with Crippen LogP contribution in [-0.2, 0) is 13.0 Å². The van der Waals surface area contributed by atoms with Crippen LogP contribution in [0.1, 0.15) is 29.2 Å². The molecule has 0 aliphatic heterocycles. The van der Waals surface area contributed by atoms with Crippen molar-refractivity contribution < 1.29 is 4.39 Å². The first-order chi connectivity index (χ1) is 9.24. The fraction of sp³-hybridized carbons (Fsp3) is 0.250. The molecule has 0 fully saturated rings. The van der Waals surface area contributed by atoms with Gasteiger partial charge < -0.3 is 5.32 Å². The molecule has 1 N–H and O–H groups in total. The fourth-order valence-electron chi connectivity index (χ4n) is 2.68. The highest BCUT2D eigenvalue weighted by atomic mass is 35.5. The Hall–Kier alpha value is -1.38. The van der Waals surface area contributed by atoms with E-state index in [1.807, 2.05) is 0 Å². The van der Waals surface area contributed by atoms with Gasteiger partial charge in [0.25, 0.3) is 0 Å². The summed E-state index contributed by atoms with van der Waals surface area (Å²) in [6, 6.07) is 13.4. The van der Waals surface area contributed by atoms with Gasteiger partial charge in [-0.05, 0) is 42.2 Å². The number of aryl methyl sites for hydroxylation is 1. The van der Waals surface area contributed by atoms with Crippen molar-refractivity contribution in [2.75, 3.05) is 0 Å². The van der Waals surface area contributed by atoms with Crippen molar-refractivity contribution in [2.24, 2.45) is 0 Å². The number of hydrogen-bond donors (Lipinski definition) is 1. The van der Waals surface area contributed by atoms with E-state index in [4.69, 9.17) is 11.6 Å². The first-order valence-electron chi connectivity index (χ1n) is 6.49. The van der Waals surface area contributed by atoms with Crippen LogP contribution in [0.25, 0.3) is 0 Å². The second-order valence-electron chi connectivity index (χ2n) is 4.91. The van der Waals surface area contributed by atoms with E-state index in [1.54, 1.807) is 12.1 Å². The lowest BCUT2D eigenvalue weighted by atomic mass is 10.1. The molecule has 0 radical (unpaired) electrons. The lowest BCUT2D eigenvalue weighted by Gasteiger charge is -2.14. The predicted octanol–water partition coefficient (Wildman–Crippen LogP) is 4.26. The summed E-state index contributed by atoms with van der Waals surface area (Å²) in [5.41, 5.74) is 3.35. The zero-order chi connectivity index (χ0) is 13.2. The van der Waals surface area contributed by atoms with Gasteiger partial charge in [0.2, 0.25) is 0 Å². The third-order valence-corrected chi connectivity index (χ3v) is 3.91. The van der Waals surface area contributed by atoms with Crippen LogP contribution in [0.4, 0.5) is 4.39 Å². The summed E-state index contributed by atoms with van der Waals surface area (Å²) < 4.78 is 13.6. The van der Waals surface area contributed by atoms with E-state index in [9.17, 15) is 4.39 Å². The molecule has 1 unspecified atom stereocenters. The van der Waals surface area contributed by atoms with Crippen LogP contribution in [0.2, 0.25) is 5.02 Å². The second kappa shape index (κ2) is 5.32. The third-order valence-electron chi connectivity index (χ3n) is 3.68. The molecule has 0 amide bonds. The summed E-state index contributed by atoms with van der Waals surface area (Å²) in [6.45, 7) is 0.505. The van der Waals surface area contributed by atoms with Gasteiger partial charge in [-0.3, -0.25) is 0 Å². The van der Waals surface area contributed by atoms with E-state index >= 15 is 0 Å². The Labute approximate surface area is 117 Å². The van der Waals surface area contributed by atoms with Gasteiger partial charge in [-0.15, -0.1) is 0 Å². The van der Waals surface area contributed by atoms with Gasteiger partial charge in [-0.2, -0.15) is 0 Å². The molecule has 2 aromatic carbocycles. The normalized spacial score (nSPS) is 17.5. The van der Waals surface area contributed by atoms with E-state index in [1.165, 1.54) is 17.2 Å². The molecule has 0 saturated carbocycles. The maximum atomic E-state index is 13.6. The lowest BCUT2D eigenvalue weighted by Crippen LogP contribution is -2.19. The van der Waals surface area contributed by atoms with Crippen molar-refractivity contribution in [3.05, 3.63) is 70.0 Å². The molecule has 0 saturated heterocycles. The van der Waals surface area contributed by atoms with Gasteiger partial charge in [0.15, 0.2) is 0 Å².